The molecule has 0 unspecified atom stereocenters. The molecular formula is C18H22O4. The molecular weight excluding hydrogens is 280 g/mol. The summed E-state index contributed by atoms with van der Waals surface area (Å²) in [5.41, 5.74) is 0.721. The van der Waals surface area contributed by atoms with Crippen LogP contribution in [0.5, 0.6) is 11.5 Å². The monoisotopic (exact) mass is 302 g/mol. The third-order valence-corrected chi connectivity index (χ3v) is 5.85. The van der Waals surface area contributed by atoms with Gasteiger partial charge in [0.25, 0.3) is 0 Å². The number of phenols is 1. The maximum atomic E-state index is 12.6. The lowest BCUT2D eigenvalue weighted by molar-refractivity contribution is -0.136. The lowest BCUT2D eigenvalue weighted by Crippen LogP contribution is -2.53. The van der Waals surface area contributed by atoms with Crippen LogP contribution in [0.4, 0.5) is 0 Å². The van der Waals surface area contributed by atoms with Crippen LogP contribution in [0.15, 0.2) is 12.1 Å². The van der Waals surface area contributed by atoms with Crippen LogP contribution < -0.4 is 4.74 Å². The number of phenolic OH excluding ortho intramolecular Hbond substituents is 1. The lowest BCUT2D eigenvalue weighted by Gasteiger charge is -2.52. The SMILES string of the molecule is COc1cc2c(cc1O)C(=O)C[C@H]1C(C)(C)C(=O)CC[C@]21C. The fourth-order valence-electron chi connectivity index (χ4n) is 4.39. The molecule has 22 heavy (non-hydrogen) atoms. The van der Waals surface area contributed by atoms with Crippen molar-refractivity contribution >= 4 is 11.6 Å². The van der Waals surface area contributed by atoms with Crippen molar-refractivity contribution in [2.75, 3.05) is 7.11 Å². The number of hydrogen-bond donors (Lipinski definition) is 1. The summed E-state index contributed by atoms with van der Waals surface area (Å²) < 4.78 is 5.22. The highest BCUT2D eigenvalue weighted by molar-refractivity contribution is 6.01. The normalized spacial score (nSPS) is 29.7. The smallest absolute Gasteiger partial charge is 0.163 e. The second-order valence-electron chi connectivity index (χ2n) is 7.31. The Kier molecular flexibility index (Phi) is 3.13. The summed E-state index contributed by atoms with van der Waals surface area (Å²) in [7, 11) is 1.50. The van der Waals surface area contributed by atoms with E-state index in [-0.39, 0.29) is 28.6 Å². The molecule has 2 aliphatic carbocycles. The van der Waals surface area contributed by atoms with E-state index in [0.29, 0.717) is 24.2 Å². The second-order valence-corrected chi connectivity index (χ2v) is 7.31. The van der Waals surface area contributed by atoms with E-state index < -0.39 is 5.41 Å². The van der Waals surface area contributed by atoms with E-state index in [1.807, 2.05) is 13.8 Å². The summed E-state index contributed by atoms with van der Waals surface area (Å²) >= 11 is 0. The Labute approximate surface area is 130 Å². The number of rotatable bonds is 1. The van der Waals surface area contributed by atoms with Crippen LogP contribution >= 0.6 is 0 Å². The molecule has 4 nitrogen and oxygen atoms in total. The van der Waals surface area contributed by atoms with Gasteiger partial charge in [0.1, 0.15) is 5.78 Å². The van der Waals surface area contributed by atoms with E-state index >= 15 is 0 Å². The van der Waals surface area contributed by atoms with Crippen molar-refractivity contribution in [3.63, 3.8) is 0 Å². The van der Waals surface area contributed by atoms with Gasteiger partial charge in [0.2, 0.25) is 0 Å². The van der Waals surface area contributed by atoms with Gasteiger partial charge in [0.05, 0.1) is 7.11 Å². The first-order chi connectivity index (χ1) is 10.2. The number of methoxy groups -OCH3 is 1. The van der Waals surface area contributed by atoms with Gasteiger partial charge >= 0.3 is 0 Å². The summed E-state index contributed by atoms with van der Waals surface area (Å²) in [6.45, 7) is 6.04. The van der Waals surface area contributed by atoms with Crippen LogP contribution in [0.1, 0.15) is 56.0 Å². The van der Waals surface area contributed by atoms with E-state index in [0.717, 1.165) is 12.0 Å². The number of hydrogen-bond acceptors (Lipinski definition) is 4. The maximum absolute atomic E-state index is 12.6. The van der Waals surface area contributed by atoms with Gasteiger partial charge < -0.3 is 9.84 Å². The van der Waals surface area contributed by atoms with E-state index in [9.17, 15) is 14.7 Å². The molecule has 0 spiro atoms. The molecule has 2 atom stereocenters. The maximum Gasteiger partial charge on any atom is 0.163 e. The second kappa shape index (κ2) is 4.58. The Hall–Kier alpha value is -1.84. The average molecular weight is 302 g/mol. The molecule has 0 bridgehead atoms. The Balaban J connectivity index is 2.23. The predicted octanol–water partition coefficient (Wildman–Crippen LogP) is 3.25. The highest BCUT2D eigenvalue weighted by Crippen LogP contribution is 2.56. The van der Waals surface area contributed by atoms with Crippen molar-refractivity contribution in [2.24, 2.45) is 11.3 Å². The molecule has 1 aromatic rings. The molecule has 2 aliphatic rings. The number of Topliss-reactive ketones (excluding diaryl/α,β-unsaturated/α-hetero) is 2. The third-order valence-electron chi connectivity index (χ3n) is 5.85. The summed E-state index contributed by atoms with van der Waals surface area (Å²) in [6, 6.07) is 3.29. The molecule has 0 radical (unpaired) electrons. The van der Waals surface area contributed by atoms with Crippen LogP contribution in [-0.4, -0.2) is 23.8 Å². The number of benzene rings is 1. The van der Waals surface area contributed by atoms with Crippen molar-refractivity contribution in [1.82, 2.24) is 0 Å². The largest absolute Gasteiger partial charge is 0.504 e. The summed E-state index contributed by atoms with van der Waals surface area (Å²) in [5, 5.41) is 9.98. The molecule has 4 heteroatoms. The summed E-state index contributed by atoms with van der Waals surface area (Å²) in [6.07, 6.45) is 1.61. The minimum Gasteiger partial charge on any atom is -0.504 e. The van der Waals surface area contributed by atoms with Gasteiger partial charge in [-0.2, -0.15) is 0 Å². The van der Waals surface area contributed by atoms with E-state index in [4.69, 9.17) is 4.74 Å². The fourth-order valence-corrected chi connectivity index (χ4v) is 4.39. The molecule has 1 aromatic carbocycles. The Morgan fingerprint density at radius 3 is 2.55 bits per heavy atom. The number of ether oxygens (including phenoxy) is 1. The number of carbonyl (C=O) groups is 2. The molecule has 0 heterocycles. The van der Waals surface area contributed by atoms with Gasteiger partial charge in [-0.3, -0.25) is 9.59 Å². The first kappa shape index (κ1) is 15.1. The average Bonchev–Trinajstić information content (AvgIpc) is 2.46. The van der Waals surface area contributed by atoms with Crippen molar-refractivity contribution in [3.05, 3.63) is 23.3 Å². The zero-order valence-electron chi connectivity index (χ0n) is 13.5. The van der Waals surface area contributed by atoms with Gasteiger partial charge in [-0.05, 0) is 35.4 Å². The zero-order valence-corrected chi connectivity index (χ0v) is 13.5. The molecule has 0 amide bonds. The minimum atomic E-state index is -0.508. The van der Waals surface area contributed by atoms with Crippen molar-refractivity contribution in [1.29, 1.82) is 0 Å². The summed E-state index contributed by atoms with van der Waals surface area (Å²) in [5.74, 6) is 0.580. The van der Waals surface area contributed by atoms with Crippen molar-refractivity contribution < 1.29 is 19.4 Å². The van der Waals surface area contributed by atoms with E-state index in [1.165, 1.54) is 13.2 Å². The Bertz CT molecular complexity index is 674. The van der Waals surface area contributed by atoms with Gasteiger partial charge in [-0.25, -0.2) is 0 Å². The van der Waals surface area contributed by atoms with Gasteiger partial charge in [0, 0.05) is 23.8 Å². The highest BCUT2D eigenvalue weighted by atomic mass is 16.5. The molecule has 1 fully saturated rings. The first-order valence-corrected chi connectivity index (χ1v) is 7.70. The van der Waals surface area contributed by atoms with Crippen LogP contribution in [0, 0.1) is 11.3 Å². The number of carbonyl (C=O) groups excluding carboxylic acids is 2. The van der Waals surface area contributed by atoms with Crippen LogP contribution in [0.3, 0.4) is 0 Å². The summed E-state index contributed by atoms with van der Waals surface area (Å²) in [4.78, 5) is 24.9. The van der Waals surface area contributed by atoms with Crippen molar-refractivity contribution in [3.8, 4) is 11.5 Å². The molecule has 1 saturated carbocycles. The van der Waals surface area contributed by atoms with Gasteiger partial charge in [-0.1, -0.05) is 20.8 Å². The number of fused-ring (bicyclic) bond motifs is 3. The molecule has 0 aromatic heterocycles. The first-order valence-electron chi connectivity index (χ1n) is 7.70. The molecule has 118 valence electrons. The molecule has 1 N–H and O–H groups in total. The van der Waals surface area contributed by atoms with Crippen molar-refractivity contribution in [2.45, 2.75) is 45.4 Å². The fraction of sp³-hybridized carbons (Fsp3) is 0.556. The zero-order chi connectivity index (χ0) is 16.3. The lowest BCUT2D eigenvalue weighted by atomic mass is 9.50. The van der Waals surface area contributed by atoms with Crippen LogP contribution in [0.25, 0.3) is 0 Å². The topological polar surface area (TPSA) is 63.6 Å². The van der Waals surface area contributed by atoms with Gasteiger partial charge in [-0.15, -0.1) is 0 Å². The van der Waals surface area contributed by atoms with Crippen LogP contribution in [0.2, 0.25) is 0 Å². The minimum absolute atomic E-state index is 0.00166. The molecule has 0 saturated heterocycles. The van der Waals surface area contributed by atoms with Gasteiger partial charge in [0.15, 0.2) is 17.3 Å². The van der Waals surface area contributed by atoms with E-state index in [2.05, 4.69) is 6.92 Å². The predicted molar refractivity (Wildman–Crippen MR) is 82.5 cm³/mol. The number of ketones is 2. The standard InChI is InChI=1S/C18H22O4/c1-17(2)15-9-12(19)10-7-13(20)14(22-4)8-11(10)18(15,3)6-5-16(17)21/h7-8,15,20H,5-6,9H2,1-4H3/t15-,18+/m0/s1. The van der Waals surface area contributed by atoms with E-state index in [1.54, 1.807) is 6.07 Å². The Morgan fingerprint density at radius 2 is 1.91 bits per heavy atom. The van der Waals surface area contributed by atoms with Crippen LogP contribution in [-0.2, 0) is 10.2 Å². The highest BCUT2D eigenvalue weighted by Gasteiger charge is 2.55. The third kappa shape index (κ3) is 1.82. The molecule has 3 rings (SSSR count). The number of aromatic hydroxyl groups is 1. The Morgan fingerprint density at radius 1 is 1.23 bits per heavy atom. The quantitative estimate of drug-likeness (QED) is 0.865. The molecule has 0 aliphatic heterocycles.